The zero-order valence-electron chi connectivity index (χ0n) is 10.9. The molecule has 1 aromatic carbocycles. The largest absolute Gasteiger partial charge is 0.310 e. The van der Waals surface area contributed by atoms with Crippen LogP contribution in [0.25, 0.3) is 0 Å². The van der Waals surface area contributed by atoms with E-state index in [1.165, 1.54) is 28.9 Å². The molecule has 1 N–H and O–H groups in total. The van der Waals surface area contributed by atoms with Crippen LogP contribution in [0, 0.1) is 0 Å². The van der Waals surface area contributed by atoms with Crippen LogP contribution in [0.5, 0.6) is 0 Å². The van der Waals surface area contributed by atoms with Crippen LogP contribution in [0.1, 0.15) is 24.0 Å². The number of hydrogen-bond acceptors (Lipinski definition) is 3. The molecule has 0 atom stereocenters. The van der Waals surface area contributed by atoms with E-state index < -0.39 is 0 Å². The van der Waals surface area contributed by atoms with Crippen LogP contribution in [0.3, 0.4) is 0 Å². The van der Waals surface area contributed by atoms with Crippen LogP contribution < -0.4 is 5.32 Å². The van der Waals surface area contributed by atoms with E-state index in [0.29, 0.717) is 0 Å². The van der Waals surface area contributed by atoms with E-state index in [4.69, 9.17) is 0 Å². The zero-order valence-corrected chi connectivity index (χ0v) is 11.7. The number of nitrogens with zero attached hydrogens (tertiary/aromatic N) is 1. The molecule has 1 aliphatic carbocycles. The highest BCUT2D eigenvalue weighted by Crippen LogP contribution is 2.23. The molecular weight excluding hydrogens is 252 g/mol. The summed E-state index contributed by atoms with van der Waals surface area (Å²) in [5.41, 5.74) is 2.69. The summed E-state index contributed by atoms with van der Waals surface area (Å²) in [4.78, 5) is 5.36. The van der Waals surface area contributed by atoms with Crippen molar-refractivity contribution in [2.75, 3.05) is 0 Å². The van der Waals surface area contributed by atoms with Gasteiger partial charge in [-0.2, -0.15) is 0 Å². The first-order valence-corrected chi connectivity index (χ1v) is 7.73. The van der Waals surface area contributed by atoms with Crippen LogP contribution >= 0.6 is 11.8 Å². The summed E-state index contributed by atoms with van der Waals surface area (Å²) in [5.74, 6) is 1.00. The third kappa shape index (κ3) is 4.08. The van der Waals surface area contributed by atoms with Crippen molar-refractivity contribution in [2.45, 2.75) is 36.1 Å². The maximum Gasteiger partial charge on any atom is 0.0270 e. The molecule has 1 aliphatic rings. The summed E-state index contributed by atoms with van der Waals surface area (Å²) >= 11 is 1.87. The minimum atomic E-state index is 0.778. The maximum atomic E-state index is 4.04. The smallest absolute Gasteiger partial charge is 0.0270 e. The quantitative estimate of drug-likeness (QED) is 0.811. The summed E-state index contributed by atoms with van der Waals surface area (Å²) in [6, 6.07) is 13.8. The number of hydrogen-bond donors (Lipinski definition) is 1. The van der Waals surface area contributed by atoms with Gasteiger partial charge in [0.25, 0.3) is 0 Å². The van der Waals surface area contributed by atoms with Gasteiger partial charge in [-0.3, -0.25) is 4.98 Å². The maximum absolute atomic E-state index is 4.04. The lowest BCUT2D eigenvalue weighted by atomic mass is 10.2. The fourth-order valence-electron chi connectivity index (χ4n) is 1.90. The number of benzene rings is 1. The van der Waals surface area contributed by atoms with Crippen molar-refractivity contribution >= 4 is 11.8 Å². The Kier molecular flexibility index (Phi) is 4.16. The second-order valence-corrected chi connectivity index (χ2v) is 5.99. The summed E-state index contributed by atoms with van der Waals surface area (Å²) < 4.78 is 0. The van der Waals surface area contributed by atoms with E-state index in [1.54, 1.807) is 0 Å². The van der Waals surface area contributed by atoms with Gasteiger partial charge in [0.15, 0.2) is 0 Å². The molecule has 98 valence electrons. The van der Waals surface area contributed by atoms with Gasteiger partial charge in [0.1, 0.15) is 0 Å². The summed E-state index contributed by atoms with van der Waals surface area (Å²) in [6.07, 6.45) is 6.39. The first-order valence-electron chi connectivity index (χ1n) is 6.74. The third-order valence-corrected chi connectivity index (χ3v) is 4.33. The Labute approximate surface area is 118 Å². The molecule has 0 bridgehead atoms. The van der Waals surface area contributed by atoms with E-state index in [2.05, 4.69) is 46.7 Å². The molecule has 0 aliphatic heterocycles. The fraction of sp³-hybridized carbons (Fsp3) is 0.312. The number of rotatable bonds is 6. The number of thioether (sulfide) groups is 1. The van der Waals surface area contributed by atoms with E-state index in [1.807, 2.05) is 24.2 Å². The molecule has 0 unspecified atom stereocenters. The predicted octanol–water partition coefficient (Wildman–Crippen LogP) is 3.63. The minimum Gasteiger partial charge on any atom is -0.310 e. The Morgan fingerprint density at radius 3 is 2.42 bits per heavy atom. The molecule has 1 saturated carbocycles. The highest BCUT2D eigenvalue weighted by Gasteiger charge is 2.19. The molecule has 2 aromatic rings. The Bertz CT molecular complexity index is 506. The highest BCUT2D eigenvalue weighted by molar-refractivity contribution is 7.98. The average Bonchev–Trinajstić information content (AvgIpc) is 3.29. The van der Waals surface area contributed by atoms with Crippen LogP contribution in [0.15, 0.2) is 53.7 Å². The highest BCUT2D eigenvalue weighted by atomic mass is 32.2. The molecule has 1 aromatic heterocycles. The van der Waals surface area contributed by atoms with Gasteiger partial charge in [-0.25, -0.2) is 0 Å². The predicted molar refractivity (Wildman–Crippen MR) is 80.1 cm³/mol. The summed E-state index contributed by atoms with van der Waals surface area (Å²) in [6.45, 7) is 1.000. The molecular formula is C16H18N2S. The Hall–Kier alpha value is -1.32. The molecule has 3 heteroatoms. The number of pyridine rings is 1. The Morgan fingerprint density at radius 2 is 1.74 bits per heavy atom. The topological polar surface area (TPSA) is 24.9 Å². The van der Waals surface area contributed by atoms with E-state index in [-0.39, 0.29) is 0 Å². The van der Waals surface area contributed by atoms with Crippen LogP contribution in [-0.4, -0.2) is 11.0 Å². The number of aromatic nitrogens is 1. The van der Waals surface area contributed by atoms with Gasteiger partial charge < -0.3 is 5.32 Å². The van der Waals surface area contributed by atoms with Crippen molar-refractivity contribution in [3.63, 3.8) is 0 Å². The van der Waals surface area contributed by atoms with Crippen molar-refractivity contribution in [1.82, 2.24) is 10.3 Å². The average molecular weight is 270 g/mol. The van der Waals surface area contributed by atoms with Gasteiger partial charge in [-0.05, 0) is 48.2 Å². The lowest BCUT2D eigenvalue weighted by molar-refractivity contribution is 0.687. The van der Waals surface area contributed by atoms with Gasteiger partial charge in [-0.15, -0.1) is 11.8 Å². The van der Waals surface area contributed by atoms with E-state index in [9.17, 15) is 0 Å². The van der Waals surface area contributed by atoms with Gasteiger partial charge in [0.2, 0.25) is 0 Å². The molecule has 2 nitrogen and oxygen atoms in total. The third-order valence-electron chi connectivity index (χ3n) is 3.25. The van der Waals surface area contributed by atoms with Crippen molar-refractivity contribution in [3.8, 4) is 0 Å². The second kappa shape index (κ2) is 6.22. The lowest BCUT2D eigenvalue weighted by Crippen LogP contribution is -2.14. The van der Waals surface area contributed by atoms with Crippen molar-refractivity contribution in [1.29, 1.82) is 0 Å². The Morgan fingerprint density at radius 1 is 1.00 bits per heavy atom. The van der Waals surface area contributed by atoms with Crippen LogP contribution in [0.4, 0.5) is 0 Å². The standard InChI is InChI=1S/C16H18N2S/c1-5-16(19-12-14-7-9-17-10-8-14)6-2-13(1)11-18-15-3-4-15/h1-2,5-10,15,18H,3-4,11-12H2. The molecule has 0 amide bonds. The van der Waals surface area contributed by atoms with Gasteiger partial charge in [-0.1, -0.05) is 12.1 Å². The molecule has 0 radical (unpaired) electrons. The fourth-order valence-corrected chi connectivity index (χ4v) is 2.75. The van der Waals surface area contributed by atoms with Crippen LogP contribution in [-0.2, 0) is 12.3 Å². The molecule has 1 fully saturated rings. The first kappa shape index (κ1) is 12.7. The number of nitrogens with one attached hydrogen (secondary N) is 1. The summed E-state index contributed by atoms with van der Waals surface area (Å²) in [5, 5.41) is 3.54. The van der Waals surface area contributed by atoms with E-state index in [0.717, 1.165) is 18.3 Å². The monoisotopic (exact) mass is 270 g/mol. The first-order chi connectivity index (χ1) is 9.40. The van der Waals surface area contributed by atoms with Crippen molar-refractivity contribution < 1.29 is 0 Å². The van der Waals surface area contributed by atoms with E-state index >= 15 is 0 Å². The van der Waals surface area contributed by atoms with Crippen molar-refractivity contribution in [3.05, 3.63) is 59.9 Å². The Balaban J connectivity index is 1.50. The summed E-state index contributed by atoms with van der Waals surface area (Å²) in [7, 11) is 0. The van der Waals surface area contributed by atoms with Gasteiger partial charge in [0, 0.05) is 35.6 Å². The van der Waals surface area contributed by atoms with Crippen molar-refractivity contribution in [2.24, 2.45) is 0 Å². The molecule has 3 rings (SSSR count). The second-order valence-electron chi connectivity index (χ2n) is 4.94. The molecule has 1 heterocycles. The molecule has 0 saturated heterocycles. The zero-order chi connectivity index (χ0) is 12.9. The molecule has 19 heavy (non-hydrogen) atoms. The molecule has 0 spiro atoms. The minimum absolute atomic E-state index is 0.778. The van der Waals surface area contributed by atoms with Gasteiger partial charge >= 0.3 is 0 Å². The van der Waals surface area contributed by atoms with Crippen LogP contribution in [0.2, 0.25) is 0 Å². The van der Waals surface area contributed by atoms with Gasteiger partial charge in [0.05, 0.1) is 0 Å². The SMILES string of the molecule is c1cc(CSc2ccc(CNC3CC3)cc2)ccn1. The normalized spacial score (nSPS) is 14.5. The lowest BCUT2D eigenvalue weighted by Gasteiger charge is -2.05.